The quantitative estimate of drug-likeness (QED) is 0.697. The molecule has 2 aromatic heterocycles. The van der Waals surface area contributed by atoms with Crippen LogP contribution in [0, 0.1) is 5.82 Å². The molecule has 1 aromatic carbocycles. The maximum atomic E-state index is 13.3. The van der Waals surface area contributed by atoms with Gasteiger partial charge in [0.2, 0.25) is 0 Å². The van der Waals surface area contributed by atoms with E-state index in [1.165, 1.54) is 12.1 Å². The van der Waals surface area contributed by atoms with Crippen molar-refractivity contribution >= 4 is 22.9 Å². The Labute approximate surface area is 119 Å². The Balaban J connectivity index is 1.96. The topological polar surface area (TPSA) is 17.8 Å². The maximum Gasteiger partial charge on any atom is 0.150 e. The average molecular weight is 293 g/mol. The SMILES string of the molecule is Fc1ccc(Cl)c(Cn2ccnc2-c2cccs2)c1. The van der Waals surface area contributed by atoms with Crippen LogP contribution in [0.1, 0.15) is 5.56 Å². The van der Waals surface area contributed by atoms with Gasteiger partial charge < -0.3 is 4.57 Å². The summed E-state index contributed by atoms with van der Waals surface area (Å²) in [4.78, 5) is 5.42. The second kappa shape index (κ2) is 5.15. The number of hydrogen-bond donors (Lipinski definition) is 0. The predicted molar refractivity (Wildman–Crippen MR) is 76.1 cm³/mol. The highest BCUT2D eigenvalue weighted by molar-refractivity contribution is 7.13. The van der Waals surface area contributed by atoms with Crippen molar-refractivity contribution in [1.29, 1.82) is 0 Å². The van der Waals surface area contributed by atoms with Crippen LogP contribution in [0.15, 0.2) is 48.1 Å². The number of rotatable bonds is 3. The van der Waals surface area contributed by atoms with Crippen LogP contribution >= 0.6 is 22.9 Å². The molecule has 0 fully saturated rings. The first kappa shape index (κ1) is 12.4. The van der Waals surface area contributed by atoms with Crippen LogP contribution in [0.2, 0.25) is 5.02 Å². The van der Waals surface area contributed by atoms with E-state index in [-0.39, 0.29) is 5.82 Å². The van der Waals surface area contributed by atoms with Gasteiger partial charge in [-0.15, -0.1) is 11.3 Å². The molecule has 3 rings (SSSR count). The smallest absolute Gasteiger partial charge is 0.150 e. The number of nitrogens with zero attached hydrogens (tertiary/aromatic N) is 2. The molecule has 0 N–H and O–H groups in total. The Hall–Kier alpha value is -1.65. The largest absolute Gasteiger partial charge is 0.326 e. The average Bonchev–Trinajstić information content (AvgIpc) is 3.03. The molecule has 5 heteroatoms. The van der Waals surface area contributed by atoms with Crippen LogP contribution in [0.5, 0.6) is 0 Å². The van der Waals surface area contributed by atoms with Gasteiger partial charge in [-0.25, -0.2) is 9.37 Å². The van der Waals surface area contributed by atoms with Crippen molar-refractivity contribution in [1.82, 2.24) is 9.55 Å². The Morgan fingerprint density at radius 1 is 1.32 bits per heavy atom. The molecule has 3 aromatic rings. The minimum atomic E-state index is -0.280. The van der Waals surface area contributed by atoms with Crippen LogP contribution in [0.25, 0.3) is 10.7 Å². The fraction of sp³-hybridized carbons (Fsp3) is 0.0714. The molecule has 0 aliphatic heterocycles. The third kappa shape index (κ3) is 2.55. The first-order valence-electron chi connectivity index (χ1n) is 5.73. The van der Waals surface area contributed by atoms with E-state index in [1.807, 2.05) is 28.3 Å². The molecule has 0 saturated carbocycles. The standard InChI is InChI=1S/C14H10ClFN2S/c15-12-4-3-11(16)8-10(12)9-18-6-5-17-14(18)13-2-1-7-19-13/h1-8H,9H2. The normalized spacial score (nSPS) is 10.8. The number of thiophene rings is 1. The number of imidazole rings is 1. The van der Waals surface area contributed by atoms with Crippen molar-refractivity contribution in [3.05, 3.63) is 64.5 Å². The van der Waals surface area contributed by atoms with E-state index in [9.17, 15) is 4.39 Å². The lowest BCUT2D eigenvalue weighted by atomic mass is 10.2. The molecule has 0 bridgehead atoms. The third-order valence-electron chi connectivity index (χ3n) is 2.81. The van der Waals surface area contributed by atoms with Gasteiger partial charge in [0.05, 0.1) is 11.4 Å². The molecular weight excluding hydrogens is 283 g/mol. The lowest BCUT2D eigenvalue weighted by Gasteiger charge is -2.08. The summed E-state index contributed by atoms with van der Waals surface area (Å²) in [7, 11) is 0. The molecule has 0 atom stereocenters. The predicted octanol–water partition coefficient (Wildman–Crippen LogP) is 4.45. The maximum absolute atomic E-state index is 13.3. The minimum Gasteiger partial charge on any atom is -0.326 e. The summed E-state index contributed by atoms with van der Waals surface area (Å²) >= 11 is 7.71. The molecule has 96 valence electrons. The monoisotopic (exact) mass is 292 g/mol. The fourth-order valence-electron chi connectivity index (χ4n) is 1.92. The summed E-state index contributed by atoms with van der Waals surface area (Å²) < 4.78 is 15.2. The molecule has 2 nitrogen and oxygen atoms in total. The van der Waals surface area contributed by atoms with Gasteiger partial charge in [0.15, 0.2) is 0 Å². The van der Waals surface area contributed by atoms with E-state index in [0.717, 1.165) is 16.3 Å². The molecule has 0 amide bonds. The molecule has 2 heterocycles. The van der Waals surface area contributed by atoms with Crippen LogP contribution in [0.4, 0.5) is 4.39 Å². The molecule has 0 aliphatic carbocycles. The van der Waals surface area contributed by atoms with Crippen molar-refractivity contribution in [2.75, 3.05) is 0 Å². The summed E-state index contributed by atoms with van der Waals surface area (Å²) in [5.74, 6) is 0.590. The van der Waals surface area contributed by atoms with Gasteiger partial charge in [0.1, 0.15) is 11.6 Å². The lowest BCUT2D eigenvalue weighted by molar-refractivity contribution is 0.623. The van der Waals surface area contributed by atoms with Crippen LogP contribution in [-0.4, -0.2) is 9.55 Å². The Morgan fingerprint density at radius 2 is 2.21 bits per heavy atom. The highest BCUT2D eigenvalue weighted by atomic mass is 35.5. The van der Waals surface area contributed by atoms with Crippen molar-refractivity contribution in [3.63, 3.8) is 0 Å². The molecule has 19 heavy (non-hydrogen) atoms. The third-order valence-corrected chi connectivity index (χ3v) is 4.04. The van der Waals surface area contributed by atoms with Crippen LogP contribution in [0.3, 0.4) is 0 Å². The van der Waals surface area contributed by atoms with E-state index in [0.29, 0.717) is 11.6 Å². The number of halogens is 2. The second-order valence-corrected chi connectivity index (χ2v) is 5.45. The second-order valence-electron chi connectivity index (χ2n) is 4.09. The van der Waals surface area contributed by atoms with Gasteiger partial charge in [-0.1, -0.05) is 17.7 Å². The van der Waals surface area contributed by atoms with Crippen LogP contribution in [-0.2, 0) is 6.54 Å². The zero-order valence-corrected chi connectivity index (χ0v) is 11.5. The lowest BCUT2D eigenvalue weighted by Crippen LogP contribution is -2.01. The molecule has 0 aliphatic rings. The van der Waals surface area contributed by atoms with Crippen molar-refractivity contribution < 1.29 is 4.39 Å². The molecule has 0 saturated heterocycles. The summed E-state index contributed by atoms with van der Waals surface area (Å²) in [6, 6.07) is 8.39. The van der Waals surface area contributed by atoms with Gasteiger partial charge in [-0.3, -0.25) is 0 Å². The molecule has 0 spiro atoms. The summed E-state index contributed by atoms with van der Waals surface area (Å²) in [5.41, 5.74) is 0.748. The Morgan fingerprint density at radius 3 is 3.00 bits per heavy atom. The van der Waals surface area contributed by atoms with E-state index in [2.05, 4.69) is 4.98 Å². The van der Waals surface area contributed by atoms with Gasteiger partial charge in [0.25, 0.3) is 0 Å². The van der Waals surface area contributed by atoms with Gasteiger partial charge in [-0.2, -0.15) is 0 Å². The van der Waals surface area contributed by atoms with Crippen molar-refractivity contribution in [2.24, 2.45) is 0 Å². The summed E-state index contributed by atoms with van der Waals surface area (Å²) in [6.45, 7) is 0.504. The fourth-order valence-corrected chi connectivity index (χ4v) is 2.83. The minimum absolute atomic E-state index is 0.280. The Kier molecular flexibility index (Phi) is 3.36. The number of benzene rings is 1. The van der Waals surface area contributed by atoms with Crippen LogP contribution < -0.4 is 0 Å². The highest BCUT2D eigenvalue weighted by Crippen LogP contribution is 2.25. The van der Waals surface area contributed by atoms with Gasteiger partial charge >= 0.3 is 0 Å². The zero-order chi connectivity index (χ0) is 13.2. The van der Waals surface area contributed by atoms with E-state index in [4.69, 9.17) is 11.6 Å². The van der Waals surface area contributed by atoms with E-state index < -0.39 is 0 Å². The van der Waals surface area contributed by atoms with E-state index >= 15 is 0 Å². The Bertz CT molecular complexity index is 691. The zero-order valence-electron chi connectivity index (χ0n) is 9.88. The summed E-state index contributed by atoms with van der Waals surface area (Å²) in [5, 5.41) is 2.57. The summed E-state index contributed by atoms with van der Waals surface area (Å²) in [6.07, 6.45) is 3.61. The van der Waals surface area contributed by atoms with Crippen molar-refractivity contribution in [2.45, 2.75) is 6.54 Å². The molecule has 0 radical (unpaired) electrons. The number of hydrogen-bond acceptors (Lipinski definition) is 2. The molecular formula is C14H10ClFN2S. The van der Waals surface area contributed by atoms with Gasteiger partial charge in [-0.05, 0) is 35.2 Å². The van der Waals surface area contributed by atoms with Crippen molar-refractivity contribution in [3.8, 4) is 10.7 Å². The first-order chi connectivity index (χ1) is 9.24. The molecule has 0 unspecified atom stereocenters. The highest BCUT2D eigenvalue weighted by Gasteiger charge is 2.09. The van der Waals surface area contributed by atoms with Gasteiger partial charge in [0, 0.05) is 17.4 Å². The number of aromatic nitrogens is 2. The first-order valence-corrected chi connectivity index (χ1v) is 6.99. The van der Waals surface area contributed by atoms with E-state index in [1.54, 1.807) is 23.6 Å².